The second-order valence-electron chi connectivity index (χ2n) is 2.34. The summed E-state index contributed by atoms with van der Waals surface area (Å²) in [6.45, 7) is 4.32. The van der Waals surface area contributed by atoms with E-state index >= 15 is 0 Å². The summed E-state index contributed by atoms with van der Waals surface area (Å²) in [5, 5.41) is 3.13. The molecule has 0 saturated heterocycles. The highest BCUT2D eigenvalue weighted by atomic mass is 32.1. The molecule has 1 N–H and O–H groups in total. The lowest BCUT2D eigenvalue weighted by Gasteiger charge is -2.14. The van der Waals surface area contributed by atoms with Gasteiger partial charge in [0.25, 0.3) is 0 Å². The lowest BCUT2D eigenvalue weighted by molar-refractivity contribution is 0.542. The molecule has 0 aromatic heterocycles. The van der Waals surface area contributed by atoms with Gasteiger partial charge < -0.3 is 5.32 Å². The molecule has 1 unspecified atom stereocenters. The molecule has 0 fully saturated rings. The van der Waals surface area contributed by atoms with E-state index in [9.17, 15) is 0 Å². The molecule has 0 aliphatic rings. The molecule has 0 spiro atoms. The zero-order valence-corrected chi connectivity index (χ0v) is 8.27. The molecule has 0 aromatic carbocycles. The summed E-state index contributed by atoms with van der Waals surface area (Å²) in [4.78, 5) is 0. The molecular formula is C7H15NS2. The Balaban J connectivity index is 3.49. The summed E-state index contributed by atoms with van der Waals surface area (Å²) in [7, 11) is 0. The van der Waals surface area contributed by atoms with Crippen molar-refractivity contribution in [2.75, 3.05) is 0 Å². The first-order valence-corrected chi connectivity index (χ1v) is 4.55. The summed E-state index contributed by atoms with van der Waals surface area (Å²) in [5.41, 5.74) is 0. The average molecular weight is 177 g/mol. The van der Waals surface area contributed by atoms with Crippen LogP contribution in [0.4, 0.5) is 0 Å². The molecule has 1 nitrogen and oxygen atoms in total. The predicted molar refractivity (Wildman–Crippen MR) is 53.7 cm³/mol. The lowest BCUT2D eigenvalue weighted by atomic mass is 10.1. The Hall–Kier alpha value is 0.240. The van der Waals surface area contributed by atoms with Crippen LogP contribution in [0.1, 0.15) is 33.1 Å². The first-order chi connectivity index (χ1) is 4.70. The Kier molecular flexibility index (Phi) is 6.13. The van der Waals surface area contributed by atoms with Gasteiger partial charge in [-0.05, 0) is 12.8 Å². The summed E-state index contributed by atoms with van der Waals surface area (Å²) in [5.74, 6) is 0. The third-order valence-corrected chi connectivity index (χ3v) is 1.70. The monoisotopic (exact) mass is 177 g/mol. The second kappa shape index (κ2) is 5.98. The summed E-state index contributed by atoms with van der Waals surface area (Å²) in [6, 6.07) is 0.523. The average Bonchev–Trinajstić information content (AvgIpc) is 1.86. The van der Waals surface area contributed by atoms with E-state index in [1.807, 2.05) is 0 Å². The molecule has 3 heteroatoms. The van der Waals surface area contributed by atoms with Gasteiger partial charge in [0, 0.05) is 6.04 Å². The van der Waals surface area contributed by atoms with E-state index in [2.05, 4.69) is 31.8 Å². The fraction of sp³-hybridized carbons (Fsp3) is 0.857. The maximum atomic E-state index is 4.81. The standard InChI is InChI=1S/C7H15NS2/c1-3-5-6(4-2)8-7(9)10/h6H,3-5H2,1-2H3,(H2,8,9,10). The molecule has 0 aliphatic heterocycles. The van der Waals surface area contributed by atoms with E-state index in [4.69, 9.17) is 12.2 Å². The minimum absolute atomic E-state index is 0.523. The zero-order valence-electron chi connectivity index (χ0n) is 6.55. The Morgan fingerprint density at radius 3 is 2.50 bits per heavy atom. The van der Waals surface area contributed by atoms with Crippen molar-refractivity contribution in [3.8, 4) is 0 Å². The number of nitrogens with one attached hydrogen (secondary N) is 1. The topological polar surface area (TPSA) is 12.0 Å². The van der Waals surface area contributed by atoms with Gasteiger partial charge in [0.2, 0.25) is 0 Å². The SMILES string of the molecule is CCCC(CC)NC(=S)S. The van der Waals surface area contributed by atoms with Crippen LogP contribution in [-0.2, 0) is 0 Å². The van der Waals surface area contributed by atoms with Crippen LogP contribution in [0.15, 0.2) is 0 Å². The van der Waals surface area contributed by atoms with Gasteiger partial charge in [-0.15, -0.1) is 12.6 Å². The van der Waals surface area contributed by atoms with E-state index in [1.165, 1.54) is 12.8 Å². The second-order valence-corrected chi connectivity index (χ2v) is 3.50. The van der Waals surface area contributed by atoms with Crippen molar-refractivity contribution < 1.29 is 0 Å². The molecule has 0 amide bonds. The van der Waals surface area contributed by atoms with Crippen molar-refractivity contribution in [2.45, 2.75) is 39.2 Å². The van der Waals surface area contributed by atoms with Crippen molar-refractivity contribution in [3.63, 3.8) is 0 Å². The van der Waals surface area contributed by atoms with Crippen LogP contribution in [-0.4, -0.2) is 10.4 Å². The van der Waals surface area contributed by atoms with Gasteiger partial charge in [0.1, 0.15) is 4.32 Å². The number of rotatable bonds is 4. The third kappa shape index (κ3) is 5.06. The van der Waals surface area contributed by atoms with Crippen LogP contribution in [0.3, 0.4) is 0 Å². The van der Waals surface area contributed by atoms with E-state index < -0.39 is 0 Å². The van der Waals surface area contributed by atoms with Crippen molar-refractivity contribution in [1.82, 2.24) is 5.32 Å². The lowest BCUT2D eigenvalue weighted by Crippen LogP contribution is -2.29. The largest absolute Gasteiger partial charge is 0.368 e. The van der Waals surface area contributed by atoms with Gasteiger partial charge in [0.05, 0.1) is 0 Å². The van der Waals surface area contributed by atoms with Crippen molar-refractivity contribution >= 4 is 29.2 Å². The zero-order chi connectivity index (χ0) is 7.98. The number of hydrogen-bond donors (Lipinski definition) is 2. The van der Waals surface area contributed by atoms with Crippen molar-refractivity contribution in [2.24, 2.45) is 0 Å². The van der Waals surface area contributed by atoms with Crippen LogP contribution in [0.25, 0.3) is 0 Å². The van der Waals surface area contributed by atoms with Crippen LogP contribution < -0.4 is 5.32 Å². The Labute approximate surface area is 74.0 Å². The highest BCUT2D eigenvalue weighted by molar-refractivity contribution is 8.11. The fourth-order valence-electron chi connectivity index (χ4n) is 0.901. The molecule has 1 atom stereocenters. The molecule has 0 rings (SSSR count). The molecule has 0 saturated carbocycles. The summed E-state index contributed by atoms with van der Waals surface area (Å²) in [6.07, 6.45) is 3.49. The summed E-state index contributed by atoms with van der Waals surface area (Å²) < 4.78 is 0.611. The highest BCUT2D eigenvalue weighted by Crippen LogP contribution is 2.01. The molecule has 0 aromatic rings. The maximum absolute atomic E-state index is 4.81. The number of thiocarbonyl (C=S) groups is 1. The quantitative estimate of drug-likeness (QED) is 0.505. The molecule has 0 aliphatic carbocycles. The molecule has 10 heavy (non-hydrogen) atoms. The highest BCUT2D eigenvalue weighted by Gasteiger charge is 2.02. The molecule has 60 valence electrons. The van der Waals surface area contributed by atoms with Gasteiger partial charge in [-0.3, -0.25) is 0 Å². The van der Waals surface area contributed by atoms with Gasteiger partial charge in [-0.25, -0.2) is 0 Å². The first-order valence-electron chi connectivity index (χ1n) is 3.70. The van der Waals surface area contributed by atoms with Gasteiger partial charge in [-0.2, -0.15) is 0 Å². The van der Waals surface area contributed by atoms with Crippen LogP contribution >= 0.6 is 24.8 Å². The van der Waals surface area contributed by atoms with Crippen LogP contribution in [0, 0.1) is 0 Å². The Morgan fingerprint density at radius 1 is 1.60 bits per heavy atom. The number of thiol groups is 1. The molecule has 0 bridgehead atoms. The number of hydrogen-bond acceptors (Lipinski definition) is 1. The van der Waals surface area contributed by atoms with E-state index in [1.54, 1.807) is 0 Å². The fourth-order valence-corrected chi connectivity index (χ4v) is 1.25. The smallest absolute Gasteiger partial charge is 0.130 e. The predicted octanol–water partition coefficient (Wildman–Crippen LogP) is 2.37. The van der Waals surface area contributed by atoms with E-state index in [0.29, 0.717) is 10.4 Å². The normalized spacial score (nSPS) is 12.7. The molecule has 0 radical (unpaired) electrons. The van der Waals surface area contributed by atoms with E-state index in [-0.39, 0.29) is 0 Å². The molecule has 0 heterocycles. The van der Waals surface area contributed by atoms with Crippen molar-refractivity contribution in [1.29, 1.82) is 0 Å². The van der Waals surface area contributed by atoms with E-state index in [0.717, 1.165) is 6.42 Å². The maximum Gasteiger partial charge on any atom is 0.130 e. The molecular weight excluding hydrogens is 162 g/mol. The summed E-state index contributed by atoms with van der Waals surface area (Å²) >= 11 is 8.81. The minimum atomic E-state index is 0.523. The van der Waals surface area contributed by atoms with Crippen LogP contribution in [0.2, 0.25) is 0 Å². The Bertz CT molecular complexity index is 104. The van der Waals surface area contributed by atoms with Crippen molar-refractivity contribution in [3.05, 3.63) is 0 Å². The third-order valence-electron chi connectivity index (χ3n) is 1.46. The first kappa shape index (κ1) is 10.2. The minimum Gasteiger partial charge on any atom is -0.368 e. The van der Waals surface area contributed by atoms with Crippen LogP contribution in [0.5, 0.6) is 0 Å². The van der Waals surface area contributed by atoms with Gasteiger partial charge in [-0.1, -0.05) is 32.5 Å². The van der Waals surface area contributed by atoms with Gasteiger partial charge in [0.15, 0.2) is 0 Å². The van der Waals surface area contributed by atoms with Gasteiger partial charge >= 0.3 is 0 Å². The Morgan fingerprint density at radius 2 is 2.20 bits per heavy atom.